The number of hydrogen-bond acceptors (Lipinski definition) is 2. The van der Waals surface area contributed by atoms with Crippen LogP contribution in [-0.4, -0.2) is 17.3 Å². The minimum absolute atomic E-state index is 0.00428. The first-order chi connectivity index (χ1) is 9.84. The lowest BCUT2D eigenvalue weighted by atomic mass is 9.67. The molecule has 1 aliphatic carbocycles. The molecule has 1 N–H and O–H groups in total. The van der Waals surface area contributed by atoms with Gasteiger partial charge in [-0.15, -0.1) is 0 Å². The van der Waals surface area contributed by atoms with Gasteiger partial charge in [-0.25, -0.2) is 4.39 Å². The Balaban J connectivity index is 1.90. The highest BCUT2D eigenvalue weighted by Crippen LogP contribution is 2.49. The Labute approximate surface area is 134 Å². The first kappa shape index (κ1) is 15.5. The van der Waals surface area contributed by atoms with E-state index in [0.717, 1.165) is 25.7 Å². The molecule has 2 nitrogen and oxygen atoms in total. The first-order valence-electron chi connectivity index (χ1n) is 7.35. The van der Waals surface area contributed by atoms with Crippen molar-refractivity contribution in [3.05, 3.63) is 33.6 Å². The van der Waals surface area contributed by atoms with Crippen molar-refractivity contribution in [3.8, 4) is 0 Å². The highest BCUT2D eigenvalue weighted by atomic mass is 35.5. The van der Waals surface area contributed by atoms with Crippen molar-refractivity contribution in [1.29, 1.82) is 0 Å². The van der Waals surface area contributed by atoms with Crippen LogP contribution < -0.4 is 0 Å². The van der Waals surface area contributed by atoms with E-state index >= 15 is 0 Å². The van der Waals surface area contributed by atoms with Crippen LogP contribution in [0.15, 0.2) is 12.1 Å². The van der Waals surface area contributed by atoms with E-state index in [1.807, 2.05) is 0 Å². The van der Waals surface area contributed by atoms with Crippen LogP contribution in [0, 0.1) is 11.7 Å². The van der Waals surface area contributed by atoms with E-state index in [-0.39, 0.29) is 16.5 Å². The maximum absolute atomic E-state index is 13.8. The molecule has 0 amide bonds. The van der Waals surface area contributed by atoms with Gasteiger partial charge in [0.05, 0.1) is 16.2 Å². The molecular formula is C16H19Cl2FO2. The van der Waals surface area contributed by atoms with Crippen molar-refractivity contribution >= 4 is 23.2 Å². The minimum atomic E-state index is -1.19. The zero-order valence-electron chi connectivity index (χ0n) is 12.0. The van der Waals surface area contributed by atoms with Gasteiger partial charge in [-0.3, -0.25) is 0 Å². The fraction of sp³-hybridized carbons (Fsp3) is 0.625. The van der Waals surface area contributed by atoms with Gasteiger partial charge < -0.3 is 9.84 Å². The summed E-state index contributed by atoms with van der Waals surface area (Å²) in [6.07, 6.45) is 4.80. The van der Waals surface area contributed by atoms with Crippen molar-refractivity contribution in [3.63, 3.8) is 0 Å². The molecule has 1 aromatic carbocycles. The molecule has 3 rings (SSSR count). The van der Waals surface area contributed by atoms with E-state index in [0.29, 0.717) is 17.2 Å². The predicted molar refractivity (Wildman–Crippen MR) is 81.2 cm³/mol. The zero-order valence-corrected chi connectivity index (χ0v) is 13.5. The van der Waals surface area contributed by atoms with E-state index in [4.69, 9.17) is 27.9 Å². The number of ether oxygens (including phenoxy) is 1. The lowest BCUT2D eigenvalue weighted by Gasteiger charge is -2.50. The summed E-state index contributed by atoms with van der Waals surface area (Å²) in [4.78, 5) is 0. The van der Waals surface area contributed by atoms with Crippen molar-refractivity contribution in [2.75, 3.05) is 6.61 Å². The highest BCUT2D eigenvalue weighted by Gasteiger charge is 2.48. The summed E-state index contributed by atoms with van der Waals surface area (Å²) in [6, 6.07) is 2.62. The van der Waals surface area contributed by atoms with E-state index in [1.54, 1.807) is 6.92 Å². The third kappa shape index (κ3) is 2.70. The van der Waals surface area contributed by atoms with Gasteiger partial charge in [0.2, 0.25) is 0 Å². The second-order valence-electron chi connectivity index (χ2n) is 6.47. The summed E-state index contributed by atoms with van der Waals surface area (Å²) in [5.41, 5.74) is -0.855. The summed E-state index contributed by atoms with van der Waals surface area (Å²) < 4.78 is 19.7. The fourth-order valence-corrected chi connectivity index (χ4v) is 4.13. The van der Waals surface area contributed by atoms with Crippen LogP contribution in [0.5, 0.6) is 0 Å². The third-order valence-electron chi connectivity index (χ3n) is 5.11. The molecule has 1 saturated carbocycles. The molecule has 0 bridgehead atoms. The van der Waals surface area contributed by atoms with Crippen LogP contribution in [0.1, 0.15) is 44.6 Å². The van der Waals surface area contributed by atoms with Gasteiger partial charge in [-0.1, -0.05) is 23.2 Å². The second kappa shape index (κ2) is 5.38. The van der Waals surface area contributed by atoms with Crippen LogP contribution in [0.4, 0.5) is 4.39 Å². The maximum atomic E-state index is 13.8. The lowest BCUT2D eigenvalue weighted by Crippen LogP contribution is -2.50. The number of rotatable bonds is 2. The normalized spacial score (nSPS) is 27.2. The monoisotopic (exact) mass is 332 g/mol. The van der Waals surface area contributed by atoms with E-state index in [2.05, 4.69) is 0 Å². The molecule has 2 atom stereocenters. The summed E-state index contributed by atoms with van der Waals surface area (Å²) in [6.45, 7) is 2.35. The Kier molecular flexibility index (Phi) is 3.98. The number of benzene rings is 1. The van der Waals surface area contributed by atoms with Gasteiger partial charge in [0.25, 0.3) is 0 Å². The Hall–Kier alpha value is -0.350. The summed E-state index contributed by atoms with van der Waals surface area (Å²) >= 11 is 11.9. The SMILES string of the molecule is CC(O)(c1cc(F)c(Cl)cc1Cl)C1CCOC2(CCC2)C1. The van der Waals surface area contributed by atoms with Crippen LogP contribution >= 0.6 is 23.2 Å². The number of halogens is 3. The smallest absolute Gasteiger partial charge is 0.142 e. The topological polar surface area (TPSA) is 29.5 Å². The van der Waals surface area contributed by atoms with E-state index in [1.165, 1.54) is 18.6 Å². The van der Waals surface area contributed by atoms with Crippen molar-refractivity contribution in [1.82, 2.24) is 0 Å². The number of aliphatic hydroxyl groups is 1. The van der Waals surface area contributed by atoms with Crippen LogP contribution in [0.2, 0.25) is 10.0 Å². The molecule has 1 saturated heterocycles. The highest BCUT2D eigenvalue weighted by molar-refractivity contribution is 6.35. The molecule has 1 heterocycles. The van der Waals surface area contributed by atoms with Crippen LogP contribution in [-0.2, 0) is 10.3 Å². The molecule has 21 heavy (non-hydrogen) atoms. The summed E-state index contributed by atoms with van der Waals surface area (Å²) in [5, 5.41) is 11.3. The lowest BCUT2D eigenvalue weighted by molar-refractivity contribution is -0.174. The Morgan fingerprint density at radius 3 is 2.67 bits per heavy atom. The molecule has 0 radical (unpaired) electrons. The van der Waals surface area contributed by atoms with E-state index < -0.39 is 11.4 Å². The van der Waals surface area contributed by atoms with Gasteiger partial charge in [0.1, 0.15) is 5.82 Å². The van der Waals surface area contributed by atoms with Gasteiger partial charge in [0.15, 0.2) is 0 Å². The Morgan fingerprint density at radius 1 is 1.33 bits per heavy atom. The minimum Gasteiger partial charge on any atom is -0.385 e. The predicted octanol–water partition coefficient (Wildman–Crippen LogP) is 4.69. The Bertz CT molecular complexity index is 555. The first-order valence-corrected chi connectivity index (χ1v) is 8.11. The van der Waals surface area contributed by atoms with Crippen LogP contribution in [0.25, 0.3) is 0 Å². The molecule has 0 aromatic heterocycles. The third-order valence-corrected chi connectivity index (χ3v) is 5.71. The van der Waals surface area contributed by atoms with Gasteiger partial charge in [-0.05, 0) is 57.1 Å². The van der Waals surface area contributed by atoms with Gasteiger partial charge in [-0.2, -0.15) is 0 Å². The Morgan fingerprint density at radius 2 is 2.05 bits per heavy atom. The molecule has 1 aromatic rings. The van der Waals surface area contributed by atoms with Crippen molar-refractivity contribution < 1.29 is 14.2 Å². The van der Waals surface area contributed by atoms with Crippen molar-refractivity contribution in [2.24, 2.45) is 5.92 Å². The molecular weight excluding hydrogens is 314 g/mol. The van der Waals surface area contributed by atoms with Gasteiger partial charge in [0, 0.05) is 17.2 Å². The zero-order chi connectivity index (χ0) is 15.3. The summed E-state index contributed by atoms with van der Waals surface area (Å²) in [7, 11) is 0. The van der Waals surface area contributed by atoms with Crippen LogP contribution in [0.3, 0.4) is 0 Å². The fourth-order valence-electron chi connectivity index (χ4n) is 3.56. The molecule has 2 unspecified atom stereocenters. The summed E-state index contributed by atoms with van der Waals surface area (Å²) in [5.74, 6) is -0.550. The molecule has 2 fully saturated rings. The van der Waals surface area contributed by atoms with Gasteiger partial charge >= 0.3 is 0 Å². The molecule has 1 aliphatic heterocycles. The standard InChI is InChI=1S/C16H19Cl2FO2/c1-15(20,11-7-14(19)13(18)8-12(11)17)10-3-6-21-16(9-10)4-2-5-16/h7-8,10,20H,2-6,9H2,1H3. The quantitative estimate of drug-likeness (QED) is 0.796. The second-order valence-corrected chi connectivity index (χ2v) is 7.28. The molecule has 1 spiro atoms. The largest absolute Gasteiger partial charge is 0.385 e. The average Bonchev–Trinajstić information content (AvgIpc) is 2.41. The van der Waals surface area contributed by atoms with E-state index in [9.17, 15) is 9.50 Å². The molecule has 116 valence electrons. The molecule has 5 heteroatoms. The van der Waals surface area contributed by atoms with Crippen molar-refractivity contribution in [2.45, 2.75) is 50.2 Å². The maximum Gasteiger partial charge on any atom is 0.142 e. The number of hydrogen-bond donors (Lipinski definition) is 1. The molecule has 2 aliphatic rings. The average molecular weight is 333 g/mol.